The summed E-state index contributed by atoms with van der Waals surface area (Å²) in [7, 11) is 0. The Morgan fingerprint density at radius 1 is 1.12 bits per heavy atom. The third-order valence-corrected chi connectivity index (χ3v) is 4.43. The Bertz CT molecular complexity index is 931. The van der Waals surface area contributed by atoms with Crippen LogP contribution in [0, 0.1) is 11.6 Å². The average Bonchev–Trinajstić information content (AvgIpc) is 2.91. The Kier molecular flexibility index (Phi) is 3.35. The summed E-state index contributed by atoms with van der Waals surface area (Å²) in [4.78, 5) is 14.8. The Hall–Kier alpha value is -2.73. The highest BCUT2D eigenvalue weighted by atomic mass is 19.1. The van der Waals surface area contributed by atoms with Crippen LogP contribution in [0.2, 0.25) is 0 Å². The molecule has 0 saturated carbocycles. The number of H-pyrrole nitrogens is 1. The molecule has 2 heterocycles. The number of fused-ring (bicyclic) bond motifs is 3. The van der Waals surface area contributed by atoms with E-state index in [2.05, 4.69) is 10.3 Å². The molecule has 1 aliphatic heterocycles. The fourth-order valence-corrected chi connectivity index (χ4v) is 3.40. The van der Waals surface area contributed by atoms with Gasteiger partial charge in [-0.25, -0.2) is 8.78 Å². The number of hydrogen-bond acceptors (Lipinski definition) is 2. The third-order valence-electron chi connectivity index (χ3n) is 4.43. The number of aliphatic carboxylic acids is 1. The van der Waals surface area contributed by atoms with Gasteiger partial charge in [-0.1, -0.05) is 18.2 Å². The van der Waals surface area contributed by atoms with Crippen molar-refractivity contribution in [2.24, 2.45) is 0 Å². The van der Waals surface area contributed by atoms with Crippen molar-refractivity contribution in [3.63, 3.8) is 0 Å². The average molecular weight is 328 g/mol. The topological polar surface area (TPSA) is 65.1 Å². The van der Waals surface area contributed by atoms with E-state index < -0.39 is 29.7 Å². The van der Waals surface area contributed by atoms with Gasteiger partial charge in [0.25, 0.3) is 0 Å². The zero-order valence-electron chi connectivity index (χ0n) is 12.5. The summed E-state index contributed by atoms with van der Waals surface area (Å²) in [6.07, 6.45) is 0.309. The number of carboxylic acids is 1. The zero-order chi connectivity index (χ0) is 16.8. The van der Waals surface area contributed by atoms with Gasteiger partial charge in [0.05, 0.1) is 6.04 Å². The molecule has 6 heteroatoms. The Labute approximate surface area is 136 Å². The van der Waals surface area contributed by atoms with Gasteiger partial charge < -0.3 is 10.1 Å². The van der Waals surface area contributed by atoms with E-state index in [1.54, 1.807) is 0 Å². The second-order valence-corrected chi connectivity index (χ2v) is 5.96. The van der Waals surface area contributed by atoms with E-state index in [0.29, 0.717) is 12.0 Å². The van der Waals surface area contributed by atoms with Crippen LogP contribution in [-0.2, 0) is 11.2 Å². The van der Waals surface area contributed by atoms with Gasteiger partial charge in [0, 0.05) is 29.1 Å². The summed E-state index contributed by atoms with van der Waals surface area (Å²) in [6, 6.07) is 9.37. The second kappa shape index (κ2) is 5.42. The number of rotatable bonds is 2. The Morgan fingerprint density at radius 3 is 2.54 bits per heavy atom. The first-order valence-electron chi connectivity index (χ1n) is 7.57. The maximum absolute atomic E-state index is 13.6. The number of halogens is 2. The van der Waals surface area contributed by atoms with Crippen LogP contribution in [0.1, 0.15) is 22.9 Å². The number of carboxylic acid groups (broad SMARTS) is 1. The van der Waals surface area contributed by atoms with Gasteiger partial charge in [-0.15, -0.1) is 0 Å². The second-order valence-electron chi connectivity index (χ2n) is 5.96. The van der Waals surface area contributed by atoms with Crippen LogP contribution in [0.4, 0.5) is 8.78 Å². The number of benzene rings is 2. The predicted molar refractivity (Wildman–Crippen MR) is 84.8 cm³/mol. The van der Waals surface area contributed by atoms with E-state index in [1.165, 1.54) is 12.1 Å². The lowest BCUT2D eigenvalue weighted by Gasteiger charge is -2.29. The normalized spacial score (nSPS) is 20.1. The van der Waals surface area contributed by atoms with E-state index in [1.807, 2.05) is 24.3 Å². The maximum Gasteiger partial charge on any atom is 0.321 e. The summed E-state index contributed by atoms with van der Waals surface area (Å²) in [5.74, 6) is -2.38. The van der Waals surface area contributed by atoms with Gasteiger partial charge >= 0.3 is 5.97 Å². The van der Waals surface area contributed by atoms with Crippen LogP contribution in [0.5, 0.6) is 0 Å². The highest BCUT2D eigenvalue weighted by Crippen LogP contribution is 2.35. The van der Waals surface area contributed by atoms with Crippen molar-refractivity contribution in [3.8, 4) is 0 Å². The van der Waals surface area contributed by atoms with E-state index >= 15 is 0 Å². The quantitative estimate of drug-likeness (QED) is 0.677. The standard InChI is InChI=1S/C18H14F2N2O2/c19-10-5-9(6-11(20)7-10)16-17-13(8-15(22-16)18(23)24)12-3-1-2-4-14(12)21-17/h1-7,15-16,21-22H,8H2,(H,23,24)/t15-,16-/m1/s1. The van der Waals surface area contributed by atoms with Gasteiger partial charge in [0.2, 0.25) is 0 Å². The highest BCUT2D eigenvalue weighted by molar-refractivity contribution is 5.87. The molecular formula is C18H14F2N2O2. The van der Waals surface area contributed by atoms with Crippen LogP contribution in [0.15, 0.2) is 42.5 Å². The van der Waals surface area contributed by atoms with Crippen molar-refractivity contribution < 1.29 is 18.7 Å². The van der Waals surface area contributed by atoms with Crippen LogP contribution < -0.4 is 5.32 Å². The molecule has 0 fully saturated rings. The molecule has 1 aliphatic rings. The number of nitrogens with one attached hydrogen (secondary N) is 2. The Morgan fingerprint density at radius 2 is 1.83 bits per heavy atom. The molecule has 0 saturated heterocycles. The summed E-state index contributed by atoms with van der Waals surface area (Å²) in [6.45, 7) is 0. The summed E-state index contributed by atoms with van der Waals surface area (Å²) in [5.41, 5.74) is 2.84. The molecule has 4 rings (SSSR count). The first-order chi connectivity index (χ1) is 11.5. The van der Waals surface area contributed by atoms with Crippen molar-refractivity contribution >= 4 is 16.9 Å². The minimum Gasteiger partial charge on any atom is -0.480 e. The number of aromatic amines is 1. The number of carbonyl (C=O) groups is 1. The molecular weight excluding hydrogens is 314 g/mol. The lowest BCUT2D eigenvalue weighted by Crippen LogP contribution is -2.45. The first-order valence-corrected chi connectivity index (χ1v) is 7.57. The van der Waals surface area contributed by atoms with E-state index in [9.17, 15) is 18.7 Å². The van der Waals surface area contributed by atoms with E-state index in [0.717, 1.165) is 28.2 Å². The van der Waals surface area contributed by atoms with Gasteiger partial charge in [0.1, 0.15) is 17.7 Å². The first kappa shape index (κ1) is 14.8. The van der Waals surface area contributed by atoms with Gasteiger partial charge in [-0.05, 0) is 29.3 Å². The molecule has 3 aromatic rings. The zero-order valence-corrected chi connectivity index (χ0v) is 12.5. The summed E-state index contributed by atoms with van der Waals surface area (Å²) < 4.78 is 27.2. The molecule has 2 atom stereocenters. The third kappa shape index (κ3) is 2.35. The van der Waals surface area contributed by atoms with Crippen LogP contribution >= 0.6 is 0 Å². The molecule has 0 bridgehead atoms. The molecule has 24 heavy (non-hydrogen) atoms. The maximum atomic E-state index is 13.6. The van der Waals surface area contributed by atoms with Crippen LogP contribution in [-0.4, -0.2) is 22.1 Å². The molecule has 3 N–H and O–H groups in total. The molecule has 0 amide bonds. The van der Waals surface area contributed by atoms with Crippen molar-refractivity contribution in [2.75, 3.05) is 0 Å². The largest absolute Gasteiger partial charge is 0.480 e. The predicted octanol–water partition coefficient (Wildman–Crippen LogP) is 3.13. The number of hydrogen-bond donors (Lipinski definition) is 3. The fourth-order valence-electron chi connectivity index (χ4n) is 3.40. The lowest BCUT2D eigenvalue weighted by molar-refractivity contribution is -0.139. The monoisotopic (exact) mass is 328 g/mol. The van der Waals surface area contributed by atoms with E-state index in [4.69, 9.17) is 0 Å². The fraction of sp³-hybridized carbons (Fsp3) is 0.167. The Balaban J connectivity index is 1.92. The minimum absolute atomic E-state index is 0.309. The molecule has 0 aliphatic carbocycles. The van der Waals surface area contributed by atoms with Crippen molar-refractivity contribution in [2.45, 2.75) is 18.5 Å². The molecule has 1 aromatic heterocycles. The lowest BCUT2D eigenvalue weighted by atomic mass is 9.90. The van der Waals surface area contributed by atoms with Crippen LogP contribution in [0.25, 0.3) is 10.9 Å². The molecule has 4 nitrogen and oxygen atoms in total. The molecule has 122 valence electrons. The van der Waals surface area contributed by atoms with Crippen molar-refractivity contribution in [3.05, 3.63) is 70.9 Å². The van der Waals surface area contributed by atoms with Gasteiger partial charge in [-0.2, -0.15) is 0 Å². The molecule has 0 spiro atoms. The van der Waals surface area contributed by atoms with Gasteiger partial charge in [-0.3, -0.25) is 10.1 Å². The van der Waals surface area contributed by atoms with Gasteiger partial charge in [0.15, 0.2) is 0 Å². The summed E-state index contributed by atoms with van der Waals surface area (Å²) >= 11 is 0. The smallest absolute Gasteiger partial charge is 0.321 e. The number of para-hydroxylation sites is 1. The van der Waals surface area contributed by atoms with Crippen molar-refractivity contribution in [1.82, 2.24) is 10.3 Å². The molecule has 2 aromatic carbocycles. The highest BCUT2D eigenvalue weighted by Gasteiger charge is 2.34. The van der Waals surface area contributed by atoms with E-state index in [-0.39, 0.29) is 0 Å². The molecule has 0 radical (unpaired) electrons. The molecule has 0 unspecified atom stereocenters. The number of aromatic nitrogens is 1. The van der Waals surface area contributed by atoms with Crippen molar-refractivity contribution in [1.29, 1.82) is 0 Å². The van der Waals surface area contributed by atoms with Crippen LogP contribution in [0.3, 0.4) is 0 Å². The minimum atomic E-state index is -0.993. The SMILES string of the molecule is O=C(O)[C@H]1Cc2c([nH]c3ccccc23)[C@@H](c2cc(F)cc(F)c2)N1. The summed E-state index contributed by atoms with van der Waals surface area (Å²) in [5, 5.41) is 13.3.